The average molecular weight is 479 g/mol. The van der Waals surface area contributed by atoms with Crippen molar-refractivity contribution in [3.05, 3.63) is 111 Å². The van der Waals surface area contributed by atoms with Gasteiger partial charge in [0.25, 0.3) is 11.6 Å². The minimum Gasteiger partial charge on any atom is -0.484 e. The number of nitro benzene ring substituents is 1. The lowest BCUT2D eigenvalue weighted by molar-refractivity contribution is -0.384. The first-order valence-corrected chi connectivity index (χ1v) is 10.6. The molecule has 0 saturated carbocycles. The summed E-state index contributed by atoms with van der Waals surface area (Å²) < 4.78 is 16.9. The first kappa shape index (κ1) is 22.9. The SMILES string of the molecule is Cc1cccc(Oc2cc(NC(=O)c3ccc(COc4ccccc4Cl)o3)cc([N+](=O)[O-])c2)c1. The Labute approximate surface area is 199 Å². The van der Waals surface area contributed by atoms with E-state index in [1.807, 2.05) is 19.1 Å². The molecule has 0 aliphatic carbocycles. The molecule has 0 fully saturated rings. The molecule has 4 rings (SSSR count). The Hall–Kier alpha value is -4.30. The maximum absolute atomic E-state index is 12.7. The summed E-state index contributed by atoms with van der Waals surface area (Å²) in [6.07, 6.45) is 0. The Bertz CT molecular complexity index is 1350. The van der Waals surface area contributed by atoms with Gasteiger partial charge in [-0.15, -0.1) is 0 Å². The van der Waals surface area contributed by atoms with Crippen molar-refractivity contribution in [1.29, 1.82) is 0 Å². The normalized spacial score (nSPS) is 10.5. The molecule has 0 atom stereocenters. The van der Waals surface area contributed by atoms with E-state index in [1.54, 1.807) is 42.5 Å². The van der Waals surface area contributed by atoms with Crippen LogP contribution in [0.2, 0.25) is 5.02 Å². The van der Waals surface area contributed by atoms with Crippen LogP contribution in [0.5, 0.6) is 17.2 Å². The van der Waals surface area contributed by atoms with Crippen molar-refractivity contribution in [2.24, 2.45) is 0 Å². The fourth-order valence-electron chi connectivity index (χ4n) is 3.12. The van der Waals surface area contributed by atoms with Gasteiger partial charge in [-0.1, -0.05) is 35.9 Å². The predicted octanol–water partition coefficient (Wildman–Crippen LogP) is 6.77. The standard InChI is InChI=1S/C25H19ClN2O6/c1-16-5-4-6-19(11-16)33-21-13-17(12-18(14-21)28(30)31)27-25(29)24-10-9-20(34-24)15-32-23-8-3-2-7-22(23)26/h2-14H,15H2,1H3,(H,27,29). The number of para-hydroxylation sites is 1. The van der Waals surface area contributed by atoms with Crippen LogP contribution in [0.15, 0.2) is 83.3 Å². The number of non-ortho nitro benzene ring substituents is 1. The molecule has 0 spiro atoms. The number of hydrogen-bond donors (Lipinski definition) is 1. The van der Waals surface area contributed by atoms with Gasteiger partial charge < -0.3 is 19.2 Å². The van der Waals surface area contributed by atoms with Crippen LogP contribution in [-0.2, 0) is 6.61 Å². The molecule has 0 aliphatic heterocycles. The van der Waals surface area contributed by atoms with Gasteiger partial charge in [0.2, 0.25) is 0 Å². The largest absolute Gasteiger partial charge is 0.484 e. The van der Waals surface area contributed by atoms with Gasteiger partial charge >= 0.3 is 0 Å². The molecule has 3 aromatic carbocycles. The van der Waals surface area contributed by atoms with Crippen molar-refractivity contribution in [1.82, 2.24) is 0 Å². The Morgan fingerprint density at radius 3 is 2.62 bits per heavy atom. The molecule has 1 aromatic heterocycles. The van der Waals surface area contributed by atoms with Crippen molar-refractivity contribution in [3.8, 4) is 17.2 Å². The summed E-state index contributed by atoms with van der Waals surface area (Å²) in [5.74, 6) is 1.07. The fourth-order valence-corrected chi connectivity index (χ4v) is 3.31. The molecule has 0 radical (unpaired) electrons. The zero-order chi connectivity index (χ0) is 24.1. The van der Waals surface area contributed by atoms with Gasteiger partial charge in [-0.25, -0.2) is 0 Å². The van der Waals surface area contributed by atoms with E-state index < -0.39 is 10.8 Å². The lowest BCUT2D eigenvalue weighted by Gasteiger charge is -2.09. The van der Waals surface area contributed by atoms with Crippen LogP contribution in [0.4, 0.5) is 11.4 Å². The van der Waals surface area contributed by atoms with E-state index >= 15 is 0 Å². The van der Waals surface area contributed by atoms with Crippen molar-refractivity contribution < 1.29 is 23.6 Å². The number of benzene rings is 3. The molecule has 1 N–H and O–H groups in total. The van der Waals surface area contributed by atoms with Crippen molar-refractivity contribution in [2.45, 2.75) is 13.5 Å². The Morgan fingerprint density at radius 2 is 1.85 bits per heavy atom. The maximum Gasteiger partial charge on any atom is 0.291 e. The molecule has 0 saturated heterocycles. The van der Waals surface area contributed by atoms with E-state index in [-0.39, 0.29) is 29.5 Å². The van der Waals surface area contributed by atoms with Gasteiger partial charge in [-0.05, 0) is 48.9 Å². The van der Waals surface area contributed by atoms with E-state index in [1.165, 1.54) is 24.3 Å². The number of nitrogens with zero attached hydrogens (tertiary/aromatic N) is 1. The summed E-state index contributed by atoms with van der Waals surface area (Å²) >= 11 is 6.06. The van der Waals surface area contributed by atoms with Crippen LogP contribution in [0.3, 0.4) is 0 Å². The number of amides is 1. The monoisotopic (exact) mass is 478 g/mol. The number of furan rings is 1. The zero-order valence-corrected chi connectivity index (χ0v) is 18.7. The van der Waals surface area contributed by atoms with Gasteiger partial charge in [0.05, 0.1) is 21.7 Å². The first-order valence-electron chi connectivity index (χ1n) is 10.2. The Kier molecular flexibility index (Phi) is 6.79. The second kappa shape index (κ2) is 10.1. The minimum atomic E-state index is -0.578. The molecule has 0 bridgehead atoms. The molecule has 34 heavy (non-hydrogen) atoms. The number of ether oxygens (including phenoxy) is 2. The maximum atomic E-state index is 12.7. The van der Waals surface area contributed by atoms with E-state index in [0.717, 1.165) is 5.56 Å². The van der Waals surface area contributed by atoms with Crippen LogP contribution in [-0.4, -0.2) is 10.8 Å². The third-order valence-electron chi connectivity index (χ3n) is 4.68. The summed E-state index contributed by atoms with van der Waals surface area (Å²) in [6, 6.07) is 21.4. The number of nitrogens with one attached hydrogen (secondary N) is 1. The summed E-state index contributed by atoms with van der Waals surface area (Å²) in [5.41, 5.74) is 0.935. The zero-order valence-electron chi connectivity index (χ0n) is 18.0. The lowest BCUT2D eigenvalue weighted by atomic mass is 10.2. The molecule has 172 valence electrons. The summed E-state index contributed by atoms with van der Waals surface area (Å²) in [7, 11) is 0. The van der Waals surface area contributed by atoms with E-state index in [0.29, 0.717) is 22.3 Å². The van der Waals surface area contributed by atoms with Crippen LogP contribution in [0.25, 0.3) is 0 Å². The van der Waals surface area contributed by atoms with Gasteiger partial charge in [0.1, 0.15) is 29.6 Å². The number of rotatable bonds is 8. The third-order valence-corrected chi connectivity index (χ3v) is 4.99. The molecular formula is C25H19ClN2O6. The summed E-state index contributed by atoms with van der Waals surface area (Å²) in [4.78, 5) is 23.5. The van der Waals surface area contributed by atoms with Crippen LogP contribution >= 0.6 is 11.6 Å². The van der Waals surface area contributed by atoms with E-state index in [9.17, 15) is 14.9 Å². The lowest BCUT2D eigenvalue weighted by Crippen LogP contribution is -2.11. The van der Waals surface area contributed by atoms with Crippen molar-refractivity contribution in [3.63, 3.8) is 0 Å². The molecule has 1 amide bonds. The average Bonchev–Trinajstić information content (AvgIpc) is 3.28. The van der Waals surface area contributed by atoms with Gasteiger partial charge in [0, 0.05) is 12.1 Å². The predicted molar refractivity (Wildman–Crippen MR) is 127 cm³/mol. The number of carbonyl (C=O) groups is 1. The molecule has 4 aromatic rings. The number of carbonyl (C=O) groups excluding carboxylic acids is 1. The first-order chi connectivity index (χ1) is 16.4. The van der Waals surface area contributed by atoms with Crippen LogP contribution in [0.1, 0.15) is 21.9 Å². The Morgan fingerprint density at radius 1 is 1.03 bits per heavy atom. The van der Waals surface area contributed by atoms with Gasteiger partial charge in [-0.3, -0.25) is 14.9 Å². The molecule has 1 heterocycles. The number of anilines is 1. The highest BCUT2D eigenvalue weighted by molar-refractivity contribution is 6.32. The quantitative estimate of drug-likeness (QED) is 0.221. The summed E-state index contributed by atoms with van der Waals surface area (Å²) in [6.45, 7) is 1.98. The molecular weight excluding hydrogens is 460 g/mol. The highest BCUT2D eigenvalue weighted by Gasteiger charge is 2.16. The second-order valence-corrected chi connectivity index (χ2v) is 7.74. The smallest absolute Gasteiger partial charge is 0.291 e. The van der Waals surface area contributed by atoms with E-state index in [2.05, 4.69) is 5.32 Å². The highest BCUT2D eigenvalue weighted by atomic mass is 35.5. The third kappa shape index (κ3) is 5.73. The van der Waals surface area contributed by atoms with Crippen molar-refractivity contribution in [2.75, 3.05) is 5.32 Å². The molecule has 0 unspecified atom stereocenters. The second-order valence-electron chi connectivity index (χ2n) is 7.33. The number of nitro groups is 1. The van der Waals surface area contributed by atoms with Gasteiger partial charge in [-0.2, -0.15) is 0 Å². The van der Waals surface area contributed by atoms with Crippen molar-refractivity contribution >= 4 is 28.9 Å². The Balaban J connectivity index is 1.47. The van der Waals surface area contributed by atoms with Gasteiger partial charge in [0.15, 0.2) is 5.76 Å². The number of aryl methyl sites for hydroxylation is 1. The number of halogens is 1. The number of hydrogen-bond acceptors (Lipinski definition) is 6. The topological polar surface area (TPSA) is 104 Å². The molecule has 8 nitrogen and oxygen atoms in total. The molecule has 0 aliphatic rings. The minimum absolute atomic E-state index is 0.0189. The summed E-state index contributed by atoms with van der Waals surface area (Å²) in [5, 5.41) is 14.4. The molecule has 9 heteroatoms. The van der Waals surface area contributed by atoms with E-state index in [4.69, 9.17) is 25.5 Å². The fraction of sp³-hybridized carbons (Fsp3) is 0.0800. The van der Waals surface area contributed by atoms with Crippen LogP contribution < -0.4 is 14.8 Å². The highest BCUT2D eigenvalue weighted by Crippen LogP contribution is 2.30. The van der Waals surface area contributed by atoms with Crippen LogP contribution in [0, 0.1) is 17.0 Å².